The van der Waals surface area contributed by atoms with Crippen molar-refractivity contribution >= 4 is 29.0 Å². The van der Waals surface area contributed by atoms with E-state index in [-0.39, 0.29) is 18.0 Å². The summed E-state index contributed by atoms with van der Waals surface area (Å²) in [7, 11) is 0. The van der Waals surface area contributed by atoms with Crippen molar-refractivity contribution in [2.45, 2.75) is 6.61 Å². The number of para-hydroxylation sites is 1. The summed E-state index contributed by atoms with van der Waals surface area (Å²) in [5.74, 6) is -0.840. The molecule has 0 aliphatic heterocycles. The Morgan fingerprint density at radius 1 is 1.08 bits per heavy atom. The van der Waals surface area contributed by atoms with Crippen molar-refractivity contribution in [3.63, 3.8) is 0 Å². The molecule has 5 heteroatoms. The summed E-state index contributed by atoms with van der Waals surface area (Å²) < 4.78 is 19.5. The van der Waals surface area contributed by atoms with Gasteiger partial charge in [-0.15, -0.1) is 11.3 Å². The van der Waals surface area contributed by atoms with Gasteiger partial charge in [-0.05, 0) is 29.7 Å². The number of carboxylic acids is 1. The predicted molar refractivity (Wildman–Crippen MR) is 97.0 cm³/mol. The number of benzene rings is 2. The maximum Gasteiger partial charge on any atom is 0.337 e. The van der Waals surface area contributed by atoms with Gasteiger partial charge in [0.25, 0.3) is 0 Å². The highest BCUT2D eigenvalue weighted by molar-refractivity contribution is 7.11. The molecule has 1 N–H and O–H groups in total. The van der Waals surface area contributed by atoms with Crippen molar-refractivity contribution in [2.75, 3.05) is 0 Å². The molecule has 0 amide bonds. The van der Waals surface area contributed by atoms with Gasteiger partial charge in [0.1, 0.15) is 18.2 Å². The average Bonchev–Trinajstić information content (AvgIpc) is 3.13. The molecule has 0 atom stereocenters. The molecule has 2 aromatic carbocycles. The van der Waals surface area contributed by atoms with Crippen LogP contribution in [0.25, 0.3) is 11.6 Å². The molecule has 0 unspecified atom stereocenters. The zero-order valence-corrected chi connectivity index (χ0v) is 14.0. The Morgan fingerprint density at radius 2 is 1.84 bits per heavy atom. The molecule has 3 aromatic rings. The van der Waals surface area contributed by atoms with Crippen LogP contribution < -0.4 is 4.74 Å². The first-order chi connectivity index (χ1) is 12.1. The van der Waals surface area contributed by atoms with Crippen LogP contribution in [0.4, 0.5) is 4.39 Å². The fourth-order valence-corrected chi connectivity index (χ4v) is 3.06. The van der Waals surface area contributed by atoms with Crippen LogP contribution in [0.2, 0.25) is 0 Å². The molecule has 0 fully saturated rings. The van der Waals surface area contributed by atoms with Gasteiger partial charge in [-0.1, -0.05) is 42.5 Å². The lowest BCUT2D eigenvalue weighted by atomic mass is 10.1. The molecule has 3 nitrogen and oxygen atoms in total. The number of aliphatic carboxylic acids is 1. The smallest absolute Gasteiger partial charge is 0.337 e. The van der Waals surface area contributed by atoms with E-state index in [1.165, 1.54) is 17.4 Å². The average molecular weight is 354 g/mol. The zero-order valence-electron chi connectivity index (χ0n) is 13.2. The van der Waals surface area contributed by atoms with E-state index < -0.39 is 5.97 Å². The maximum atomic E-state index is 13.7. The highest BCUT2D eigenvalue weighted by Gasteiger charge is 2.13. The van der Waals surface area contributed by atoms with Crippen molar-refractivity contribution < 1.29 is 19.0 Å². The van der Waals surface area contributed by atoms with Gasteiger partial charge in [0.05, 0.1) is 5.57 Å². The summed E-state index contributed by atoms with van der Waals surface area (Å²) in [6.45, 7) is 0.0684. The summed E-state index contributed by atoms with van der Waals surface area (Å²) in [6, 6.07) is 17.1. The van der Waals surface area contributed by atoms with Crippen LogP contribution in [0.15, 0.2) is 66.0 Å². The van der Waals surface area contributed by atoms with Crippen LogP contribution >= 0.6 is 11.3 Å². The van der Waals surface area contributed by atoms with Crippen LogP contribution in [0.1, 0.15) is 16.0 Å². The van der Waals surface area contributed by atoms with E-state index in [2.05, 4.69) is 0 Å². The Bertz CT molecular complexity index is 901. The summed E-state index contributed by atoms with van der Waals surface area (Å²) in [5, 5.41) is 11.3. The van der Waals surface area contributed by atoms with Gasteiger partial charge in [-0.25, -0.2) is 9.18 Å². The third-order valence-corrected chi connectivity index (χ3v) is 4.48. The molecule has 0 aliphatic carbocycles. The van der Waals surface area contributed by atoms with Gasteiger partial charge < -0.3 is 9.84 Å². The number of hydrogen-bond acceptors (Lipinski definition) is 3. The minimum atomic E-state index is -1.01. The molecular formula is C20H15FO3S. The van der Waals surface area contributed by atoms with Gasteiger partial charge in [-0.2, -0.15) is 0 Å². The first-order valence-electron chi connectivity index (χ1n) is 7.59. The van der Waals surface area contributed by atoms with E-state index in [0.29, 0.717) is 21.8 Å². The lowest BCUT2D eigenvalue weighted by Gasteiger charge is -2.10. The molecule has 0 bridgehead atoms. The fraction of sp³-hybridized carbons (Fsp3) is 0.0500. The van der Waals surface area contributed by atoms with Crippen LogP contribution in [-0.4, -0.2) is 11.1 Å². The first kappa shape index (κ1) is 16.9. The number of hydrogen-bond donors (Lipinski definition) is 1. The number of carbonyl (C=O) groups is 1. The topological polar surface area (TPSA) is 46.5 Å². The zero-order chi connectivity index (χ0) is 17.6. The molecule has 1 heterocycles. The standard InChI is InChI=1S/C20H15FO3S/c21-17-8-3-1-7-15(17)13-24-18-9-4-2-6-14(18)12-16(20(22)23)19-10-5-11-25-19/h1-12H,13H2,(H,22,23)/b16-12-. The summed E-state index contributed by atoms with van der Waals surface area (Å²) >= 11 is 1.36. The number of rotatable bonds is 6. The number of ether oxygens (including phenoxy) is 1. The lowest BCUT2D eigenvalue weighted by molar-refractivity contribution is -0.130. The minimum Gasteiger partial charge on any atom is -0.488 e. The van der Waals surface area contributed by atoms with E-state index in [4.69, 9.17) is 4.74 Å². The molecule has 126 valence electrons. The Kier molecular flexibility index (Phi) is 5.26. The van der Waals surface area contributed by atoms with E-state index in [1.54, 1.807) is 60.7 Å². The molecule has 0 saturated carbocycles. The molecular weight excluding hydrogens is 339 g/mol. The van der Waals surface area contributed by atoms with E-state index in [1.807, 2.05) is 5.38 Å². The summed E-state index contributed by atoms with van der Waals surface area (Å²) in [4.78, 5) is 12.2. The van der Waals surface area contributed by atoms with Gasteiger partial charge >= 0.3 is 5.97 Å². The molecule has 0 radical (unpaired) electrons. The Hall–Kier alpha value is -2.92. The normalized spacial score (nSPS) is 11.3. The molecule has 0 aliphatic rings. The lowest BCUT2D eigenvalue weighted by Crippen LogP contribution is -2.01. The first-order valence-corrected chi connectivity index (χ1v) is 8.47. The maximum absolute atomic E-state index is 13.7. The second-order valence-corrected chi connectivity index (χ2v) is 6.21. The fourth-order valence-electron chi connectivity index (χ4n) is 2.33. The van der Waals surface area contributed by atoms with Crippen molar-refractivity contribution in [3.8, 4) is 5.75 Å². The Morgan fingerprint density at radius 3 is 2.56 bits per heavy atom. The molecule has 0 spiro atoms. The van der Waals surface area contributed by atoms with Crippen LogP contribution in [0, 0.1) is 5.82 Å². The second kappa shape index (κ2) is 7.77. The number of halogens is 1. The third-order valence-electron chi connectivity index (χ3n) is 3.58. The van der Waals surface area contributed by atoms with Crippen LogP contribution in [0.5, 0.6) is 5.75 Å². The Balaban J connectivity index is 1.89. The van der Waals surface area contributed by atoms with Crippen molar-refractivity contribution in [3.05, 3.63) is 87.9 Å². The van der Waals surface area contributed by atoms with E-state index in [9.17, 15) is 14.3 Å². The molecule has 0 saturated heterocycles. The quantitative estimate of drug-likeness (QED) is 0.627. The SMILES string of the molecule is O=C(O)/C(=C\c1ccccc1OCc1ccccc1F)c1cccs1. The molecule has 1 aromatic heterocycles. The van der Waals surface area contributed by atoms with Crippen molar-refractivity contribution in [2.24, 2.45) is 0 Å². The molecule has 25 heavy (non-hydrogen) atoms. The van der Waals surface area contributed by atoms with Crippen molar-refractivity contribution in [1.82, 2.24) is 0 Å². The number of carboxylic acid groups (broad SMARTS) is 1. The summed E-state index contributed by atoms with van der Waals surface area (Å²) in [6.07, 6.45) is 1.57. The second-order valence-electron chi connectivity index (χ2n) is 5.26. The van der Waals surface area contributed by atoms with Gasteiger partial charge in [0.15, 0.2) is 0 Å². The van der Waals surface area contributed by atoms with Crippen molar-refractivity contribution in [1.29, 1.82) is 0 Å². The Labute approximate surface area is 148 Å². The predicted octanol–water partition coefficient (Wildman–Crippen LogP) is 5.09. The number of thiophene rings is 1. The van der Waals surface area contributed by atoms with E-state index in [0.717, 1.165) is 0 Å². The van der Waals surface area contributed by atoms with E-state index >= 15 is 0 Å². The minimum absolute atomic E-state index is 0.0684. The van der Waals surface area contributed by atoms with Crippen LogP contribution in [0.3, 0.4) is 0 Å². The van der Waals surface area contributed by atoms with Crippen LogP contribution in [-0.2, 0) is 11.4 Å². The van der Waals surface area contributed by atoms with Gasteiger partial charge in [0.2, 0.25) is 0 Å². The monoisotopic (exact) mass is 354 g/mol. The highest BCUT2D eigenvalue weighted by Crippen LogP contribution is 2.28. The van der Waals surface area contributed by atoms with Gasteiger partial charge in [0, 0.05) is 16.0 Å². The molecule has 3 rings (SSSR count). The highest BCUT2D eigenvalue weighted by atomic mass is 32.1. The van der Waals surface area contributed by atoms with Gasteiger partial charge in [-0.3, -0.25) is 0 Å². The third kappa shape index (κ3) is 4.14. The summed E-state index contributed by atoms with van der Waals surface area (Å²) in [5.41, 5.74) is 1.26. The largest absolute Gasteiger partial charge is 0.488 e.